The molecule has 1 unspecified atom stereocenters. The Hall–Kier alpha value is -0.580. The third kappa shape index (κ3) is 3.00. The second kappa shape index (κ2) is 5.85. The summed E-state index contributed by atoms with van der Waals surface area (Å²) in [4.78, 5) is 4.90. The van der Waals surface area contributed by atoms with Crippen molar-refractivity contribution in [3.63, 3.8) is 0 Å². The first-order valence-electron chi connectivity index (χ1n) is 6.06. The maximum Gasteiger partial charge on any atom is 0.0511 e. The molecule has 1 aliphatic rings. The lowest BCUT2D eigenvalue weighted by molar-refractivity contribution is 0.216. The maximum absolute atomic E-state index is 3.63. The van der Waals surface area contributed by atoms with E-state index >= 15 is 0 Å². The molecule has 1 aromatic carbocycles. The largest absolute Gasteiger partial charge is 0.368 e. The molecule has 1 aromatic rings. The molecule has 3 nitrogen and oxygen atoms in total. The van der Waals surface area contributed by atoms with Gasteiger partial charge in [0, 0.05) is 36.7 Å². The number of para-hydroxylation sites is 1. The van der Waals surface area contributed by atoms with Crippen LogP contribution in [0.15, 0.2) is 28.7 Å². The van der Waals surface area contributed by atoms with E-state index in [9.17, 15) is 0 Å². The first-order chi connectivity index (χ1) is 8.22. The van der Waals surface area contributed by atoms with Gasteiger partial charge >= 0.3 is 0 Å². The highest BCUT2D eigenvalue weighted by Crippen LogP contribution is 2.27. The van der Waals surface area contributed by atoms with E-state index in [2.05, 4.69) is 62.4 Å². The van der Waals surface area contributed by atoms with E-state index < -0.39 is 0 Å². The van der Waals surface area contributed by atoms with Crippen LogP contribution in [-0.2, 0) is 0 Å². The minimum atomic E-state index is 0.584. The zero-order valence-corrected chi connectivity index (χ0v) is 12.1. The van der Waals surface area contributed by atoms with E-state index in [0.29, 0.717) is 6.04 Å². The van der Waals surface area contributed by atoms with Crippen LogP contribution in [0.2, 0.25) is 0 Å². The van der Waals surface area contributed by atoms with Crippen molar-refractivity contribution in [1.82, 2.24) is 10.2 Å². The molecule has 1 fully saturated rings. The second-order valence-electron chi connectivity index (χ2n) is 4.59. The van der Waals surface area contributed by atoms with Crippen molar-refractivity contribution in [3.05, 3.63) is 28.7 Å². The van der Waals surface area contributed by atoms with Crippen molar-refractivity contribution in [3.8, 4) is 0 Å². The fourth-order valence-electron chi connectivity index (χ4n) is 2.33. The summed E-state index contributed by atoms with van der Waals surface area (Å²) in [5.41, 5.74) is 1.31. The monoisotopic (exact) mass is 297 g/mol. The van der Waals surface area contributed by atoms with Gasteiger partial charge in [-0.25, -0.2) is 0 Å². The average molecular weight is 298 g/mol. The van der Waals surface area contributed by atoms with E-state index in [-0.39, 0.29) is 0 Å². The Morgan fingerprint density at radius 2 is 2.12 bits per heavy atom. The average Bonchev–Trinajstić information content (AvgIpc) is 2.33. The maximum atomic E-state index is 3.63. The third-order valence-corrected chi connectivity index (χ3v) is 4.08. The van der Waals surface area contributed by atoms with E-state index in [1.807, 2.05) is 7.05 Å². The van der Waals surface area contributed by atoms with Gasteiger partial charge in [-0.1, -0.05) is 12.1 Å². The quantitative estimate of drug-likeness (QED) is 0.918. The van der Waals surface area contributed by atoms with Gasteiger partial charge in [-0.05, 0) is 42.2 Å². The van der Waals surface area contributed by atoms with Gasteiger partial charge in [0.05, 0.1) is 5.69 Å². The van der Waals surface area contributed by atoms with Gasteiger partial charge in [-0.15, -0.1) is 0 Å². The van der Waals surface area contributed by atoms with Crippen LogP contribution < -0.4 is 10.2 Å². The van der Waals surface area contributed by atoms with Crippen LogP contribution in [0.1, 0.15) is 0 Å². The van der Waals surface area contributed by atoms with Crippen molar-refractivity contribution in [1.29, 1.82) is 0 Å². The number of rotatable bonds is 3. The van der Waals surface area contributed by atoms with Gasteiger partial charge in [0.2, 0.25) is 0 Å². The fourth-order valence-corrected chi connectivity index (χ4v) is 2.86. The van der Waals surface area contributed by atoms with Crippen LogP contribution >= 0.6 is 15.9 Å². The number of piperazine rings is 1. The lowest BCUT2D eigenvalue weighted by atomic mass is 10.1. The Balaban J connectivity index is 2.10. The molecule has 4 heteroatoms. The molecule has 0 aromatic heterocycles. The molecular weight excluding hydrogens is 278 g/mol. The molecule has 1 aliphatic heterocycles. The third-order valence-electron chi connectivity index (χ3n) is 3.41. The van der Waals surface area contributed by atoms with Crippen LogP contribution in [0.4, 0.5) is 5.69 Å². The smallest absolute Gasteiger partial charge is 0.0511 e. The zero-order valence-electron chi connectivity index (χ0n) is 10.5. The van der Waals surface area contributed by atoms with Crippen LogP contribution in [0, 0.1) is 0 Å². The number of benzene rings is 1. The second-order valence-corrected chi connectivity index (χ2v) is 5.44. The molecule has 2 rings (SSSR count). The number of nitrogens with zero attached hydrogens (tertiary/aromatic N) is 2. The summed E-state index contributed by atoms with van der Waals surface area (Å²) in [7, 11) is 4.23. The van der Waals surface area contributed by atoms with Crippen LogP contribution in [0.3, 0.4) is 0 Å². The number of nitrogens with one attached hydrogen (secondary N) is 1. The molecule has 1 N–H and O–H groups in total. The highest BCUT2D eigenvalue weighted by Gasteiger charge is 2.24. The molecule has 94 valence electrons. The van der Waals surface area contributed by atoms with E-state index in [1.165, 1.54) is 10.2 Å². The SMILES string of the molecule is CNCC1CN(c2ccccc2Br)CCN1C. The standard InChI is InChI=1S/C13H20BrN3/c1-15-9-11-10-17(8-7-16(11)2)13-6-4-3-5-12(13)14/h3-6,11,15H,7-10H2,1-2H3. The van der Waals surface area contributed by atoms with Gasteiger partial charge < -0.3 is 10.2 Å². The molecule has 1 saturated heterocycles. The van der Waals surface area contributed by atoms with E-state index in [1.54, 1.807) is 0 Å². The van der Waals surface area contributed by atoms with Crippen molar-refractivity contribution in [2.24, 2.45) is 0 Å². The van der Waals surface area contributed by atoms with Crippen molar-refractivity contribution in [2.75, 3.05) is 45.2 Å². The molecule has 0 saturated carbocycles. The molecular formula is C13H20BrN3. The summed E-state index contributed by atoms with van der Waals surface area (Å²) in [5, 5.41) is 3.27. The Morgan fingerprint density at radius 1 is 1.35 bits per heavy atom. The highest BCUT2D eigenvalue weighted by molar-refractivity contribution is 9.10. The molecule has 0 aliphatic carbocycles. The number of anilines is 1. The first kappa shape index (κ1) is 12.9. The Kier molecular flexibility index (Phi) is 4.42. The molecule has 1 heterocycles. The Morgan fingerprint density at radius 3 is 2.82 bits per heavy atom. The number of halogens is 1. The first-order valence-corrected chi connectivity index (χ1v) is 6.86. The van der Waals surface area contributed by atoms with Crippen molar-refractivity contribution in [2.45, 2.75) is 6.04 Å². The summed E-state index contributed by atoms with van der Waals surface area (Å²) in [6.07, 6.45) is 0. The van der Waals surface area contributed by atoms with Crippen molar-refractivity contribution < 1.29 is 0 Å². The Labute approximate surface area is 112 Å². The Bertz CT molecular complexity index is 369. The van der Waals surface area contributed by atoms with Gasteiger partial charge in [0.25, 0.3) is 0 Å². The topological polar surface area (TPSA) is 18.5 Å². The number of likely N-dealkylation sites (N-methyl/N-ethyl adjacent to an activating group) is 2. The van der Waals surface area contributed by atoms with Gasteiger partial charge in [-0.3, -0.25) is 4.90 Å². The number of hydrogen-bond acceptors (Lipinski definition) is 3. The summed E-state index contributed by atoms with van der Waals surface area (Å²) >= 11 is 3.63. The fraction of sp³-hybridized carbons (Fsp3) is 0.538. The lowest BCUT2D eigenvalue weighted by Gasteiger charge is -2.41. The molecule has 17 heavy (non-hydrogen) atoms. The van der Waals surface area contributed by atoms with Crippen LogP contribution in [-0.4, -0.2) is 51.2 Å². The zero-order chi connectivity index (χ0) is 12.3. The number of hydrogen-bond donors (Lipinski definition) is 1. The minimum Gasteiger partial charge on any atom is -0.368 e. The highest BCUT2D eigenvalue weighted by atomic mass is 79.9. The summed E-state index contributed by atoms with van der Waals surface area (Å²) < 4.78 is 1.19. The predicted molar refractivity (Wildman–Crippen MR) is 76.7 cm³/mol. The van der Waals surface area contributed by atoms with Gasteiger partial charge in [0.15, 0.2) is 0 Å². The van der Waals surface area contributed by atoms with E-state index in [4.69, 9.17) is 0 Å². The molecule has 1 atom stereocenters. The lowest BCUT2D eigenvalue weighted by Crippen LogP contribution is -2.54. The van der Waals surface area contributed by atoms with Crippen LogP contribution in [0.5, 0.6) is 0 Å². The molecule has 0 bridgehead atoms. The van der Waals surface area contributed by atoms with E-state index in [0.717, 1.165) is 26.2 Å². The summed E-state index contributed by atoms with van der Waals surface area (Å²) in [5.74, 6) is 0. The predicted octanol–water partition coefficient (Wildman–Crippen LogP) is 1.79. The van der Waals surface area contributed by atoms with Gasteiger partial charge in [-0.2, -0.15) is 0 Å². The summed E-state index contributed by atoms with van der Waals surface area (Å²) in [6.45, 7) is 4.34. The van der Waals surface area contributed by atoms with Gasteiger partial charge in [0.1, 0.15) is 0 Å². The van der Waals surface area contributed by atoms with Crippen LogP contribution in [0.25, 0.3) is 0 Å². The molecule has 0 amide bonds. The normalized spacial score (nSPS) is 21.8. The van der Waals surface area contributed by atoms with Crippen molar-refractivity contribution >= 4 is 21.6 Å². The molecule has 0 spiro atoms. The minimum absolute atomic E-state index is 0.584. The summed E-state index contributed by atoms with van der Waals surface area (Å²) in [6, 6.07) is 9.05. The molecule has 0 radical (unpaired) electrons.